The van der Waals surface area contributed by atoms with Gasteiger partial charge in [0.15, 0.2) is 5.79 Å². The fourth-order valence-electron chi connectivity index (χ4n) is 4.50. The Labute approximate surface area is 166 Å². The van der Waals surface area contributed by atoms with Crippen LogP contribution in [0.3, 0.4) is 0 Å². The second kappa shape index (κ2) is 10.1. The van der Waals surface area contributed by atoms with Gasteiger partial charge in [0, 0.05) is 44.6 Å². The van der Waals surface area contributed by atoms with Gasteiger partial charge >= 0.3 is 5.97 Å². The lowest BCUT2D eigenvalue weighted by Crippen LogP contribution is -2.36. The summed E-state index contributed by atoms with van der Waals surface area (Å²) in [4.78, 5) is 10.7. The molecule has 7 heteroatoms. The van der Waals surface area contributed by atoms with E-state index in [1.807, 2.05) is 0 Å². The molecule has 6 unspecified atom stereocenters. The molecule has 2 fully saturated rings. The van der Waals surface area contributed by atoms with Crippen LogP contribution in [0.4, 0.5) is 4.39 Å². The van der Waals surface area contributed by atoms with Gasteiger partial charge in [0.25, 0.3) is 0 Å². The third-order valence-corrected chi connectivity index (χ3v) is 6.06. The quantitative estimate of drug-likeness (QED) is 0.341. The van der Waals surface area contributed by atoms with Crippen LogP contribution in [0.15, 0.2) is 12.2 Å². The number of fused-ring (bicyclic) bond motifs is 1. The Balaban J connectivity index is 1.97. The van der Waals surface area contributed by atoms with Crippen molar-refractivity contribution in [2.45, 2.75) is 95.0 Å². The fourth-order valence-corrected chi connectivity index (χ4v) is 4.50. The highest BCUT2D eigenvalue weighted by atomic mass is 19.2. The van der Waals surface area contributed by atoms with Crippen molar-refractivity contribution in [1.29, 1.82) is 0 Å². The van der Waals surface area contributed by atoms with Crippen LogP contribution in [-0.4, -0.2) is 52.2 Å². The first-order chi connectivity index (χ1) is 13.2. The minimum absolute atomic E-state index is 0.0954. The normalized spacial score (nSPS) is 36.1. The van der Waals surface area contributed by atoms with Crippen LogP contribution < -0.4 is 0 Å². The number of halogens is 1. The molecule has 28 heavy (non-hydrogen) atoms. The van der Waals surface area contributed by atoms with Crippen LogP contribution >= 0.6 is 0 Å². The van der Waals surface area contributed by atoms with E-state index in [2.05, 4.69) is 6.92 Å². The molecule has 6 nitrogen and oxygen atoms in total. The molecule has 0 aromatic carbocycles. The fraction of sp³-hybridized carbons (Fsp3) is 0.857. The zero-order valence-corrected chi connectivity index (χ0v) is 17.0. The minimum Gasteiger partial charge on any atom is -0.481 e. The molecular formula is C21H35FO6. The number of carboxylic acid groups (broad SMARTS) is 1. The van der Waals surface area contributed by atoms with Crippen LogP contribution in [0.25, 0.3) is 0 Å². The number of aliphatic hydroxyl groups is 2. The topological polar surface area (TPSA) is 96.2 Å². The predicted molar refractivity (Wildman–Crippen MR) is 102 cm³/mol. The van der Waals surface area contributed by atoms with Crippen molar-refractivity contribution < 1.29 is 34.0 Å². The van der Waals surface area contributed by atoms with E-state index in [1.165, 1.54) is 0 Å². The van der Waals surface area contributed by atoms with E-state index >= 15 is 0 Å². The molecule has 0 amide bonds. The molecule has 1 aliphatic carbocycles. The molecule has 6 atom stereocenters. The third-order valence-electron chi connectivity index (χ3n) is 6.06. The summed E-state index contributed by atoms with van der Waals surface area (Å²) in [6.07, 6.45) is 7.82. The van der Waals surface area contributed by atoms with E-state index in [4.69, 9.17) is 14.6 Å². The van der Waals surface area contributed by atoms with E-state index in [-0.39, 0.29) is 18.8 Å². The molecule has 3 N–H and O–H groups in total. The summed E-state index contributed by atoms with van der Waals surface area (Å²) >= 11 is 0. The van der Waals surface area contributed by atoms with Crippen molar-refractivity contribution in [3.63, 3.8) is 0 Å². The van der Waals surface area contributed by atoms with Crippen LogP contribution in [0.1, 0.15) is 71.1 Å². The number of rotatable bonds is 12. The maximum absolute atomic E-state index is 14.7. The number of carboxylic acids is 1. The number of ether oxygens (including phenoxy) is 2. The van der Waals surface area contributed by atoms with Gasteiger partial charge in [0.1, 0.15) is 0 Å². The van der Waals surface area contributed by atoms with Crippen molar-refractivity contribution in [2.75, 3.05) is 7.11 Å². The van der Waals surface area contributed by atoms with E-state index in [0.717, 1.165) is 19.3 Å². The summed E-state index contributed by atoms with van der Waals surface area (Å²) in [6, 6.07) is 0. The molecule has 1 saturated carbocycles. The van der Waals surface area contributed by atoms with Gasteiger partial charge < -0.3 is 24.8 Å². The summed E-state index contributed by atoms with van der Waals surface area (Å²) in [5, 5.41) is 29.1. The average Bonchev–Trinajstić information content (AvgIpc) is 3.07. The molecule has 2 rings (SSSR count). The lowest BCUT2D eigenvalue weighted by atomic mass is 9.86. The van der Waals surface area contributed by atoms with Gasteiger partial charge in [-0.2, -0.15) is 0 Å². The Hall–Kier alpha value is -1.02. The molecule has 0 aromatic heterocycles. The Morgan fingerprint density at radius 1 is 1.32 bits per heavy atom. The SMILES string of the molecule is CCCCCC(O)/C=C/C1C2CC(CCCCC(=O)O)(OC)OC2CC1(O)F. The first-order valence-corrected chi connectivity index (χ1v) is 10.5. The van der Waals surface area contributed by atoms with Gasteiger partial charge in [-0.25, -0.2) is 4.39 Å². The van der Waals surface area contributed by atoms with Gasteiger partial charge in [-0.15, -0.1) is 0 Å². The molecule has 0 bridgehead atoms. The third kappa shape index (κ3) is 5.99. The largest absolute Gasteiger partial charge is 0.481 e. The van der Waals surface area contributed by atoms with Gasteiger partial charge in [-0.1, -0.05) is 38.3 Å². The van der Waals surface area contributed by atoms with E-state index < -0.39 is 35.7 Å². The molecular weight excluding hydrogens is 367 g/mol. The first kappa shape index (κ1) is 23.3. The van der Waals surface area contributed by atoms with Crippen LogP contribution in [0.2, 0.25) is 0 Å². The molecule has 0 spiro atoms. The maximum Gasteiger partial charge on any atom is 0.303 e. The highest BCUT2D eigenvalue weighted by Crippen LogP contribution is 2.54. The standard InChI is InChI=1S/C21H35FO6/c1-3-4-5-8-15(23)10-11-17-16-13-20(27-2,12-7-6-9-19(24)25)28-18(16)14-21(17,22)26/h10-11,15-18,23,26H,3-9,12-14H2,1-2H3,(H,24,25)/b11-10+. The zero-order chi connectivity index (χ0) is 20.8. The Bertz CT molecular complexity index is 537. The van der Waals surface area contributed by atoms with E-state index in [9.17, 15) is 19.4 Å². The zero-order valence-electron chi connectivity index (χ0n) is 17.0. The molecule has 1 aliphatic heterocycles. The summed E-state index contributed by atoms with van der Waals surface area (Å²) in [7, 11) is 1.54. The van der Waals surface area contributed by atoms with Crippen molar-refractivity contribution in [1.82, 2.24) is 0 Å². The number of carbonyl (C=O) groups is 1. The number of hydrogen-bond donors (Lipinski definition) is 3. The lowest BCUT2D eigenvalue weighted by molar-refractivity contribution is -0.227. The number of hydrogen-bond acceptors (Lipinski definition) is 5. The maximum atomic E-state index is 14.7. The van der Waals surface area contributed by atoms with Crippen LogP contribution in [0, 0.1) is 11.8 Å². The number of aliphatic hydroxyl groups excluding tert-OH is 1. The number of methoxy groups -OCH3 is 1. The van der Waals surface area contributed by atoms with Gasteiger partial charge in [-0.05, 0) is 19.3 Å². The highest BCUT2D eigenvalue weighted by Gasteiger charge is 2.60. The van der Waals surface area contributed by atoms with Crippen molar-refractivity contribution in [3.05, 3.63) is 12.2 Å². The van der Waals surface area contributed by atoms with E-state index in [0.29, 0.717) is 32.1 Å². The number of alkyl halides is 1. The lowest BCUT2D eigenvalue weighted by Gasteiger charge is -2.31. The summed E-state index contributed by atoms with van der Waals surface area (Å²) in [5.41, 5.74) is 0. The minimum atomic E-state index is -2.36. The Kier molecular flexibility index (Phi) is 8.43. The molecule has 162 valence electrons. The van der Waals surface area contributed by atoms with Crippen molar-refractivity contribution in [2.24, 2.45) is 11.8 Å². The highest BCUT2D eigenvalue weighted by molar-refractivity contribution is 5.66. The van der Waals surface area contributed by atoms with Crippen LogP contribution in [-0.2, 0) is 14.3 Å². The Morgan fingerprint density at radius 2 is 2.07 bits per heavy atom. The summed E-state index contributed by atoms with van der Waals surface area (Å²) < 4.78 is 26.4. The molecule has 0 aromatic rings. The monoisotopic (exact) mass is 402 g/mol. The van der Waals surface area contributed by atoms with Crippen molar-refractivity contribution >= 4 is 5.97 Å². The van der Waals surface area contributed by atoms with E-state index in [1.54, 1.807) is 19.3 Å². The van der Waals surface area contributed by atoms with Gasteiger partial charge in [-0.3, -0.25) is 4.79 Å². The van der Waals surface area contributed by atoms with Crippen molar-refractivity contribution in [3.8, 4) is 0 Å². The number of unbranched alkanes of at least 4 members (excludes halogenated alkanes) is 3. The number of aliphatic carboxylic acids is 1. The summed E-state index contributed by atoms with van der Waals surface area (Å²) in [5.74, 6) is -5.06. The van der Waals surface area contributed by atoms with Gasteiger partial charge in [0.05, 0.1) is 12.2 Å². The molecule has 1 saturated heterocycles. The first-order valence-electron chi connectivity index (χ1n) is 10.5. The smallest absolute Gasteiger partial charge is 0.303 e. The second-order valence-electron chi connectivity index (χ2n) is 8.24. The summed E-state index contributed by atoms with van der Waals surface area (Å²) in [6.45, 7) is 2.09. The Morgan fingerprint density at radius 3 is 2.71 bits per heavy atom. The predicted octanol–water partition coefficient (Wildman–Crippen LogP) is 3.55. The van der Waals surface area contributed by atoms with Crippen LogP contribution in [0.5, 0.6) is 0 Å². The average molecular weight is 403 g/mol. The molecule has 2 aliphatic rings. The van der Waals surface area contributed by atoms with Gasteiger partial charge in [0.2, 0.25) is 5.85 Å². The second-order valence-corrected chi connectivity index (χ2v) is 8.24. The molecule has 0 radical (unpaired) electrons. The molecule has 1 heterocycles.